The van der Waals surface area contributed by atoms with Gasteiger partial charge in [-0.3, -0.25) is 4.79 Å². The fourth-order valence-corrected chi connectivity index (χ4v) is 4.86. The number of H-pyrrole nitrogens is 2. The number of carbonyl (C=O) groups is 2. The van der Waals surface area contributed by atoms with Crippen molar-refractivity contribution in [3.63, 3.8) is 0 Å². The highest BCUT2D eigenvalue weighted by Crippen LogP contribution is 2.34. The maximum atomic E-state index is 11.8. The van der Waals surface area contributed by atoms with Crippen LogP contribution in [0.2, 0.25) is 0 Å². The molecule has 6 aromatic rings. The summed E-state index contributed by atoms with van der Waals surface area (Å²) in [5.41, 5.74) is 26.4. The minimum absolute atomic E-state index is 0.246. The fourth-order valence-electron chi connectivity index (χ4n) is 4.86. The van der Waals surface area contributed by atoms with Gasteiger partial charge in [0.25, 0.3) is 5.91 Å². The van der Waals surface area contributed by atoms with Crippen LogP contribution in [-0.2, 0) is 4.74 Å². The van der Waals surface area contributed by atoms with Crippen molar-refractivity contribution in [2.24, 2.45) is 5.73 Å². The summed E-state index contributed by atoms with van der Waals surface area (Å²) in [6.07, 6.45) is 6.90. The molecule has 8 N–H and O–H groups in total. The van der Waals surface area contributed by atoms with Crippen molar-refractivity contribution in [3.8, 4) is 22.3 Å². The van der Waals surface area contributed by atoms with E-state index in [-0.39, 0.29) is 11.4 Å². The van der Waals surface area contributed by atoms with Crippen LogP contribution in [-0.4, -0.2) is 38.9 Å². The second kappa shape index (κ2) is 10.9. The molecule has 206 valence electrons. The summed E-state index contributed by atoms with van der Waals surface area (Å²) in [6.45, 7) is 3.93. The third-order valence-electron chi connectivity index (χ3n) is 7.14. The molecule has 1 amide bonds. The predicted molar refractivity (Wildman–Crippen MR) is 161 cm³/mol. The van der Waals surface area contributed by atoms with Gasteiger partial charge in [0, 0.05) is 58.1 Å². The molecule has 0 aliphatic carbocycles. The zero-order chi connectivity index (χ0) is 29.3. The lowest BCUT2D eigenvalue weighted by Crippen LogP contribution is -2.13. The number of nitrogens with zero attached hydrogens (tertiary/aromatic N) is 2. The summed E-state index contributed by atoms with van der Waals surface area (Å²) in [6, 6.07) is 15.3. The molecular weight excluding hydrogens is 518 g/mol. The van der Waals surface area contributed by atoms with Gasteiger partial charge < -0.3 is 31.9 Å². The third-order valence-corrected chi connectivity index (χ3v) is 7.14. The van der Waals surface area contributed by atoms with Crippen molar-refractivity contribution < 1.29 is 14.3 Å². The number of nitrogen functional groups attached to an aromatic ring is 2. The third kappa shape index (κ3) is 4.82. The molecule has 4 aromatic heterocycles. The van der Waals surface area contributed by atoms with Crippen LogP contribution < -0.4 is 17.2 Å². The monoisotopic (exact) mass is 547 g/mol. The molecule has 0 aliphatic rings. The number of anilines is 2. The lowest BCUT2D eigenvalue weighted by molar-refractivity contribution is 0.0596. The first kappa shape index (κ1) is 26.9. The van der Waals surface area contributed by atoms with E-state index in [1.807, 2.05) is 62.4 Å². The minimum Gasteiger partial charge on any atom is -0.464 e. The predicted octanol–water partition coefficient (Wildman–Crippen LogP) is 5.13. The van der Waals surface area contributed by atoms with E-state index >= 15 is 0 Å². The Balaban J connectivity index is 0.000000165. The number of aromatic amines is 2. The number of hydrogen-bond acceptors (Lipinski definition) is 7. The van der Waals surface area contributed by atoms with Crippen LogP contribution in [0.25, 0.3) is 44.1 Å². The number of carbonyl (C=O) groups excluding carboxylic acids is 2. The molecule has 4 heterocycles. The maximum Gasteiger partial charge on any atom is 0.358 e. The van der Waals surface area contributed by atoms with Gasteiger partial charge in [-0.2, -0.15) is 0 Å². The van der Waals surface area contributed by atoms with Crippen LogP contribution >= 0.6 is 0 Å². The van der Waals surface area contributed by atoms with Crippen LogP contribution in [0, 0.1) is 13.8 Å². The smallest absolute Gasteiger partial charge is 0.358 e. The van der Waals surface area contributed by atoms with Gasteiger partial charge >= 0.3 is 5.97 Å². The van der Waals surface area contributed by atoms with Gasteiger partial charge in [-0.05, 0) is 60.4 Å². The molecule has 0 unspecified atom stereocenters. The van der Waals surface area contributed by atoms with Gasteiger partial charge in [0.1, 0.15) is 0 Å². The quantitative estimate of drug-likeness (QED) is 0.150. The van der Waals surface area contributed by atoms with Gasteiger partial charge in [0.2, 0.25) is 0 Å². The fraction of sp³-hybridized carbons (Fsp3) is 0.0968. The number of primary amides is 1. The second-order valence-corrected chi connectivity index (χ2v) is 9.47. The first-order chi connectivity index (χ1) is 19.7. The van der Waals surface area contributed by atoms with Crippen LogP contribution in [0.5, 0.6) is 0 Å². The first-order valence-corrected chi connectivity index (χ1v) is 12.7. The van der Waals surface area contributed by atoms with Gasteiger partial charge in [-0.1, -0.05) is 24.3 Å². The molecule has 0 radical (unpaired) electrons. The zero-order valence-electron chi connectivity index (χ0n) is 22.8. The van der Waals surface area contributed by atoms with Gasteiger partial charge in [0.15, 0.2) is 11.4 Å². The Morgan fingerprint density at radius 1 is 0.707 bits per heavy atom. The van der Waals surface area contributed by atoms with Crippen molar-refractivity contribution in [1.82, 2.24) is 19.9 Å². The van der Waals surface area contributed by atoms with E-state index in [0.717, 1.165) is 55.5 Å². The summed E-state index contributed by atoms with van der Waals surface area (Å²) in [5, 5.41) is 1.82. The molecule has 0 fully saturated rings. The van der Waals surface area contributed by atoms with E-state index in [9.17, 15) is 9.59 Å². The number of ether oxygens (including phenoxy) is 1. The summed E-state index contributed by atoms with van der Waals surface area (Å²) < 4.78 is 4.76. The van der Waals surface area contributed by atoms with E-state index < -0.39 is 11.9 Å². The molecule has 41 heavy (non-hydrogen) atoms. The highest BCUT2D eigenvalue weighted by Gasteiger charge is 2.18. The molecular formula is C31H29N7O3. The summed E-state index contributed by atoms with van der Waals surface area (Å²) in [4.78, 5) is 37.7. The number of nitrogens with two attached hydrogens (primary N) is 3. The number of nitrogens with one attached hydrogen (secondary N) is 2. The first-order valence-electron chi connectivity index (χ1n) is 12.7. The highest BCUT2D eigenvalue weighted by molar-refractivity contribution is 6.08. The lowest BCUT2D eigenvalue weighted by Gasteiger charge is -2.10. The van der Waals surface area contributed by atoms with E-state index in [2.05, 4.69) is 19.9 Å². The Morgan fingerprint density at radius 2 is 1.17 bits per heavy atom. The molecule has 6 rings (SSSR count). The zero-order valence-corrected chi connectivity index (χ0v) is 22.8. The number of benzene rings is 2. The highest BCUT2D eigenvalue weighted by atomic mass is 16.5. The molecule has 0 saturated heterocycles. The van der Waals surface area contributed by atoms with Crippen molar-refractivity contribution in [2.45, 2.75) is 13.8 Å². The van der Waals surface area contributed by atoms with Crippen molar-refractivity contribution in [3.05, 3.63) is 95.8 Å². The molecule has 0 bridgehead atoms. The summed E-state index contributed by atoms with van der Waals surface area (Å²) in [7, 11) is 1.34. The van der Waals surface area contributed by atoms with Crippen LogP contribution in [0.4, 0.5) is 11.4 Å². The van der Waals surface area contributed by atoms with Gasteiger partial charge in [-0.15, -0.1) is 0 Å². The molecule has 10 nitrogen and oxygen atoms in total. The molecule has 0 spiro atoms. The Kier molecular flexibility index (Phi) is 7.13. The number of methoxy groups -OCH3 is 1. The number of amides is 1. The van der Waals surface area contributed by atoms with E-state index in [1.165, 1.54) is 7.11 Å². The number of pyridine rings is 2. The standard InChI is InChI=1S/C16H15N3O2.C15H14N4O/c1-9-10(4-3-5-13(9)17)12-8-19-15(16(20)21-2)14-11(12)6-7-18-14;1-8-9(3-2-4-12(8)16)11-7-19-14(15(17)20)13-10(11)5-6-18-13/h3-8,18H,17H2,1-2H3;2-7,18H,16H2,1H3,(H2,17,20). The molecule has 0 aliphatic heterocycles. The Labute approximate surface area is 235 Å². The van der Waals surface area contributed by atoms with Crippen molar-refractivity contribution in [1.29, 1.82) is 0 Å². The van der Waals surface area contributed by atoms with E-state index in [1.54, 1.807) is 24.8 Å². The molecule has 0 atom stereocenters. The molecule has 0 saturated carbocycles. The number of esters is 1. The van der Waals surface area contributed by atoms with E-state index in [4.69, 9.17) is 21.9 Å². The number of rotatable bonds is 4. The number of hydrogen-bond donors (Lipinski definition) is 5. The van der Waals surface area contributed by atoms with Crippen LogP contribution in [0.1, 0.15) is 32.1 Å². The number of fused-ring (bicyclic) bond motifs is 2. The van der Waals surface area contributed by atoms with Crippen LogP contribution in [0.15, 0.2) is 73.3 Å². The normalized spacial score (nSPS) is 10.8. The van der Waals surface area contributed by atoms with Crippen molar-refractivity contribution >= 4 is 45.1 Å². The Hall–Kier alpha value is -5.64. The Morgan fingerprint density at radius 3 is 1.63 bits per heavy atom. The lowest BCUT2D eigenvalue weighted by atomic mass is 9.97. The summed E-state index contributed by atoms with van der Waals surface area (Å²) >= 11 is 0. The Bertz CT molecular complexity index is 1940. The van der Waals surface area contributed by atoms with Crippen molar-refractivity contribution in [2.75, 3.05) is 18.6 Å². The molecule has 10 heteroatoms. The van der Waals surface area contributed by atoms with E-state index in [0.29, 0.717) is 11.0 Å². The largest absolute Gasteiger partial charge is 0.464 e. The average Bonchev–Trinajstić information content (AvgIpc) is 3.66. The minimum atomic E-state index is -0.548. The van der Waals surface area contributed by atoms with Crippen LogP contribution in [0.3, 0.4) is 0 Å². The summed E-state index contributed by atoms with van der Waals surface area (Å²) in [5.74, 6) is -1.01. The maximum absolute atomic E-state index is 11.8. The van der Waals surface area contributed by atoms with Gasteiger partial charge in [0.05, 0.1) is 18.1 Å². The average molecular weight is 548 g/mol. The SMILES string of the molecule is COC(=O)c1ncc(-c2cccc(N)c2C)c2cc[nH]c12.Cc1c(N)cccc1-c1cnc(C(N)=O)c2[nH]ccc12. The topological polar surface area (TPSA) is 179 Å². The molecule has 2 aromatic carbocycles. The number of aromatic nitrogens is 4. The van der Waals surface area contributed by atoms with Gasteiger partial charge in [-0.25, -0.2) is 14.8 Å². The second-order valence-electron chi connectivity index (χ2n) is 9.47.